The van der Waals surface area contributed by atoms with E-state index in [9.17, 15) is 18.3 Å². The number of carbonyl (C=O) groups excluding carboxylic acids is 1. The largest absolute Gasteiger partial charge is 0.462 e. The summed E-state index contributed by atoms with van der Waals surface area (Å²) in [4.78, 5) is 13.0. The third-order valence-corrected chi connectivity index (χ3v) is 6.85. The number of aliphatic hydroxyl groups excluding tert-OH is 1. The molecule has 2 heterocycles. The third-order valence-electron chi connectivity index (χ3n) is 5.71. The first-order valence-electron chi connectivity index (χ1n) is 10.7. The van der Waals surface area contributed by atoms with Crippen LogP contribution in [0, 0.1) is 6.92 Å². The maximum Gasteiger partial charge on any atom is 0.342 e. The average Bonchev–Trinajstić information content (AvgIpc) is 3.06. The number of hydrogen-bond donors (Lipinski definition) is 1. The van der Waals surface area contributed by atoms with E-state index < -0.39 is 28.2 Å². The van der Waals surface area contributed by atoms with Crippen molar-refractivity contribution >= 4 is 32.6 Å². The first kappa shape index (κ1) is 23.3. The van der Waals surface area contributed by atoms with Gasteiger partial charge < -0.3 is 19.0 Å². The van der Waals surface area contributed by atoms with Gasteiger partial charge >= 0.3 is 5.97 Å². The molecular weight excluding hydrogens is 446 g/mol. The number of anilines is 1. The second kappa shape index (κ2) is 8.81. The molecule has 3 aromatic rings. The normalized spacial score (nSPS) is 18.8. The van der Waals surface area contributed by atoms with Crippen LogP contribution in [0.5, 0.6) is 0 Å². The van der Waals surface area contributed by atoms with Gasteiger partial charge in [-0.25, -0.2) is 13.2 Å². The van der Waals surface area contributed by atoms with Crippen LogP contribution in [0.3, 0.4) is 0 Å². The van der Waals surface area contributed by atoms with Gasteiger partial charge in [0.2, 0.25) is 10.0 Å². The number of fused-ring (bicyclic) bond motifs is 2. The van der Waals surface area contributed by atoms with Crippen LogP contribution in [0.2, 0.25) is 0 Å². The average molecular weight is 474 g/mol. The number of sulfonamides is 1. The number of furan rings is 1. The SMILES string of the molecule is CCOC(=O)c1c(-c2ccc(C)cc2)oc2cc3c(cc12)[C@H](C)O[C@H](CO)CN3S(C)(=O)=O. The Morgan fingerprint density at radius 2 is 1.94 bits per heavy atom. The standard InChI is InChI=1S/C24H27NO7S/c1-5-30-24(27)22-19-10-18-15(3)31-17(13-26)12-25(33(4,28)29)20(18)11-21(19)32-23(22)16-8-6-14(2)7-9-16/h6-11,15,17,26H,5,12-13H2,1-4H3/t15-,17-/m0/s1. The Kier molecular flexibility index (Phi) is 6.22. The maximum atomic E-state index is 13.0. The van der Waals surface area contributed by atoms with Crippen LogP contribution in [0.1, 0.15) is 41.4 Å². The molecule has 2 aromatic carbocycles. The summed E-state index contributed by atoms with van der Waals surface area (Å²) in [7, 11) is -3.67. The van der Waals surface area contributed by atoms with Gasteiger partial charge in [-0.3, -0.25) is 4.31 Å². The molecule has 176 valence electrons. The highest BCUT2D eigenvalue weighted by atomic mass is 32.2. The molecule has 0 unspecified atom stereocenters. The molecule has 0 saturated carbocycles. The van der Waals surface area contributed by atoms with E-state index in [4.69, 9.17) is 13.9 Å². The summed E-state index contributed by atoms with van der Waals surface area (Å²) in [6.07, 6.45) is -0.114. The van der Waals surface area contributed by atoms with E-state index in [0.717, 1.165) is 11.8 Å². The Morgan fingerprint density at radius 3 is 2.55 bits per heavy atom. The van der Waals surface area contributed by atoms with Gasteiger partial charge in [0, 0.05) is 22.6 Å². The highest BCUT2D eigenvalue weighted by Gasteiger charge is 2.33. The van der Waals surface area contributed by atoms with Gasteiger partial charge in [-0.2, -0.15) is 0 Å². The molecule has 1 aliphatic heterocycles. The number of benzene rings is 2. The molecule has 4 rings (SSSR count). The van der Waals surface area contributed by atoms with Crippen molar-refractivity contribution in [2.24, 2.45) is 0 Å². The molecule has 1 aromatic heterocycles. The highest BCUT2D eigenvalue weighted by molar-refractivity contribution is 7.92. The topological polar surface area (TPSA) is 106 Å². The second-order valence-corrected chi connectivity index (χ2v) is 10.1. The van der Waals surface area contributed by atoms with Crippen LogP contribution in [-0.4, -0.2) is 51.6 Å². The lowest BCUT2D eigenvalue weighted by atomic mass is 10.0. The molecule has 0 fully saturated rings. The lowest BCUT2D eigenvalue weighted by Crippen LogP contribution is -2.38. The Bertz CT molecular complexity index is 1290. The first-order chi connectivity index (χ1) is 15.6. The number of carbonyl (C=O) groups is 1. The summed E-state index contributed by atoms with van der Waals surface area (Å²) in [6, 6.07) is 10.9. The summed E-state index contributed by atoms with van der Waals surface area (Å²) in [5.74, 6) is -0.168. The minimum absolute atomic E-state index is 0.0333. The Hall–Kier alpha value is -2.88. The lowest BCUT2D eigenvalue weighted by molar-refractivity contribution is -0.0227. The van der Waals surface area contributed by atoms with E-state index in [1.807, 2.05) is 31.2 Å². The van der Waals surface area contributed by atoms with Crippen molar-refractivity contribution < 1.29 is 32.2 Å². The van der Waals surface area contributed by atoms with Gasteiger partial charge in [0.05, 0.1) is 43.9 Å². The number of aryl methyl sites for hydroxylation is 1. The predicted octanol–water partition coefficient (Wildman–Crippen LogP) is 3.80. The molecular formula is C24H27NO7S. The molecule has 8 nitrogen and oxygen atoms in total. The number of nitrogens with zero attached hydrogens (tertiary/aromatic N) is 1. The smallest absolute Gasteiger partial charge is 0.342 e. The fourth-order valence-electron chi connectivity index (χ4n) is 4.11. The summed E-state index contributed by atoms with van der Waals surface area (Å²) in [6.45, 7) is 5.31. The molecule has 0 aliphatic carbocycles. The fourth-order valence-corrected chi connectivity index (χ4v) is 5.06. The van der Waals surface area contributed by atoms with Crippen molar-refractivity contribution in [1.29, 1.82) is 0 Å². The summed E-state index contributed by atoms with van der Waals surface area (Å²) >= 11 is 0. The molecule has 1 aliphatic rings. The van der Waals surface area contributed by atoms with Crippen LogP contribution in [0.15, 0.2) is 40.8 Å². The minimum atomic E-state index is -3.67. The maximum absolute atomic E-state index is 13.0. The predicted molar refractivity (Wildman–Crippen MR) is 125 cm³/mol. The van der Waals surface area contributed by atoms with Gasteiger partial charge in [-0.15, -0.1) is 0 Å². The van der Waals surface area contributed by atoms with E-state index in [1.54, 1.807) is 26.0 Å². The number of esters is 1. The Balaban J connectivity index is 2.00. The van der Waals surface area contributed by atoms with E-state index in [2.05, 4.69) is 0 Å². The fraction of sp³-hybridized carbons (Fsp3) is 0.375. The molecule has 9 heteroatoms. The van der Waals surface area contributed by atoms with E-state index in [-0.39, 0.29) is 25.3 Å². The van der Waals surface area contributed by atoms with Crippen molar-refractivity contribution in [3.8, 4) is 11.3 Å². The van der Waals surface area contributed by atoms with Gasteiger partial charge in [-0.1, -0.05) is 29.8 Å². The zero-order valence-electron chi connectivity index (χ0n) is 19.0. The number of aliphatic hydroxyl groups is 1. The van der Waals surface area contributed by atoms with Gasteiger partial charge in [0.15, 0.2) is 0 Å². The molecule has 1 N–H and O–H groups in total. The van der Waals surface area contributed by atoms with Gasteiger partial charge in [-0.05, 0) is 26.8 Å². The van der Waals surface area contributed by atoms with Crippen molar-refractivity contribution in [3.63, 3.8) is 0 Å². The molecule has 0 radical (unpaired) electrons. The van der Waals surface area contributed by atoms with Crippen molar-refractivity contribution in [2.45, 2.75) is 33.0 Å². The van der Waals surface area contributed by atoms with Crippen molar-refractivity contribution in [1.82, 2.24) is 0 Å². The minimum Gasteiger partial charge on any atom is -0.462 e. The van der Waals surface area contributed by atoms with Crippen molar-refractivity contribution in [2.75, 3.05) is 30.3 Å². The number of rotatable bonds is 5. The summed E-state index contributed by atoms with van der Waals surface area (Å²) < 4.78 is 43.8. The van der Waals surface area contributed by atoms with Crippen LogP contribution < -0.4 is 4.31 Å². The summed E-state index contributed by atoms with van der Waals surface area (Å²) in [5, 5.41) is 10.2. The lowest BCUT2D eigenvalue weighted by Gasteiger charge is -2.24. The first-order valence-corrected chi connectivity index (χ1v) is 12.6. The number of ether oxygens (including phenoxy) is 2. The highest BCUT2D eigenvalue weighted by Crippen LogP contribution is 2.42. The van der Waals surface area contributed by atoms with Gasteiger partial charge in [0.1, 0.15) is 16.9 Å². The monoisotopic (exact) mass is 473 g/mol. The second-order valence-electron chi connectivity index (χ2n) is 8.18. The summed E-state index contributed by atoms with van der Waals surface area (Å²) in [5.41, 5.74) is 3.38. The third kappa shape index (κ3) is 4.36. The quantitative estimate of drug-likeness (QED) is 0.562. The molecule has 0 amide bonds. The van der Waals surface area contributed by atoms with Crippen LogP contribution in [0.4, 0.5) is 5.69 Å². The molecule has 0 saturated heterocycles. The Morgan fingerprint density at radius 1 is 1.24 bits per heavy atom. The zero-order valence-corrected chi connectivity index (χ0v) is 19.8. The van der Waals surface area contributed by atoms with E-state index >= 15 is 0 Å². The molecule has 2 atom stereocenters. The van der Waals surface area contributed by atoms with Crippen LogP contribution >= 0.6 is 0 Å². The molecule has 0 spiro atoms. The van der Waals surface area contributed by atoms with Crippen molar-refractivity contribution in [3.05, 3.63) is 53.1 Å². The Labute approximate surface area is 192 Å². The van der Waals surface area contributed by atoms with E-state index in [0.29, 0.717) is 33.5 Å². The van der Waals surface area contributed by atoms with Gasteiger partial charge in [0.25, 0.3) is 0 Å². The zero-order chi connectivity index (χ0) is 23.9. The van der Waals surface area contributed by atoms with Crippen LogP contribution in [0.25, 0.3) is 22.3 Å². The molecule has 33 heavy (non-hydrogen) atoms. The van der Waals surface area contributed by atoms with Crippen LogP contribution in [-0.2, 0) is 19.5 Å². The molecule has 0 bridgehead atoms. The van der Waals surface area contributed by atoms with E-state index in [1.165, 1.54) is 4.31 Å². The number of hydrogen-bond acceptors (Lipinski definition) is 7.